The first-order valence-corrected chi connectivity index (χ1v) is 12.6. The van der Waals surface area contributed by atoms with Gasteiger partial charge in [-0.2, -0.15) is 0 Å². The summed E-state index contributed by atoms with van der Waals surface area (Å²) in [5.41, 5.74) is 8.36. The second-order valence-electron chi connectivity index (χ2n) is 11.6. The van der Waals surface area contributed by atoms with Crippen LogP contribution in [0, 0.1) is 6.92 Å². The predicted molar refractivity (Wildman–Crippen MR) is 136 cm³/mol. The molecular formula is C30H37NO3. The Morgan fingerprint density at radius 1 is 1.03 bits per heavy atom. The second-order valence-corrected chi connectivity index (χ2v) is 11.6. The summed E-state index contributed by atoms with van der Waals surface area (Å²) >= 11 is 0. The number of carbonyl (C=O) groups excluding carboxylic acids is 1. The first-order chi connectivity index (χ1) is 16.2. The monoisotopic (exact) mass is 459 g/mol. The van der Waals surface area contributed by atoms with Crippen LogP contribution in [0.25, 0.3) is 5.57 Å². The molecule has 1 amide bonds. The summed E-state index contributed by atoms with van der Waals surface area (Å²) < 4.78 is 11.5. The Balaban J connectivity index is 1.43. The molecule has 1 fully saturated rings. The molecule has 2 aliphatic heterocycles. The minimum atomic E-state index is -0.248. The molecule has 0 spiro atoms. The predicted octanol–water partition coefficient (Wildman–Crippen LogP) is 6.54. The Hall–Kier alpha value is -2.59. The van der Waals surface area contributed by atoms with E-state index in [1.54, 1.807) is 0 Å². The number of amides is 1. The van der Waals surface area contributed by atoms with Crippen molar-refractivity contribution in [2.45, 2.75) is 83.4 Å². The molecule has 1 saturated heterocycles. The molecular weight excluding hydrogens is 422 g/mol. The van der Waals surface area contributed by atoms with Crippen molar-refractivity contribution >= 4 is 11.7 Å². The van der Waals surface area contributed by atoms with Gasteiger partial charge >= 0.3 is 6.09 Å². The highest BCUT2D eigenvalue weighted by Gasteiger charge is 2.41. The van der Waals surface area contributed by atoms with Crippen LogP contribution in [0.4, 0.5) is 4.79 Å². The average molecular weight is 460 g/mol. The Kier molecular flexibility index (Phi) is 5.84. The molecule has 3 aliphatic rings. The van der Waals surface area contributed by atoms with Gasteiger partial charge in [-0.15, -0.1) is 0 Å². The van der Waals surface area contributed by atoms with Gasteiger partial charge in [0.05, 0.1) is 25.3 Å². The minimum Gasteiger partial charge on any atom is -0.445 e. The van der Waals surface area contributed by atoms with E-state index in [9.17, 15) is 4.79 Å². The number of benzene rings is 2. The van der Waals surface area contributed by atoms with Gasteiger partial charge in [-0.25, -0.2) is 4.79 Å². The van der Waals surface area contributed by atoms with E-state index in [1.807, 2.05) is 35.2 Å². The van der Waals surface area contributed by atoms with Crippen molar-refractivity contribution in [3.8, 4) is 0 Å². The zero-order valence-corrected chi connectivity index (χ0v) is 21.2. The summed E-state index contributed by atoms with van der Waals surface area (Å²) in [6.07, 6.45) is 5.21. The molecule has 2 aromatic carbocycles. The highest BCUT2D eigenvalue weighted by Crippen LogP contribution is 2.48. The second kappa shape index (κ2) is 8.57. The Bertz CT molecular complexity index is 1120. The maximum Gasteiger partial charge on any atom is 0.411 e. The third-order valence-corrected chi connectivity index (χ3v) is 8.16. The quantitative estimate of drug-likeness (QED) is 0.523. The van der Waals surface area contributed by atoms with Gasteiger partial charge in [0, 0.05) is 0 Å². The van der Waals surface area contributed by atoms with Crippen LogP contribution in [-0.4, -0.2) is 36.3 Å². The molecule has 4 nitrogen and oxygen atoms in total. The van der Waals surface area contributed by atoms with E-state index < -0.39 is 0 Å². The third kappa shape index (κ3) is 4.17. The lowest BCUT2D eigenvalue weighted by atomic mass is 9.62. The first kappa shape index (κ1) is 23.2. The molecule has 2 heterocycles. The molecule has 4 heteroatoms. The number of hydrogen-bond acceptors (Lipinski definition) is 3. The standard InChI is InChI=1S/C30H37NO3/c1-20-13-26-27(30(4,5)12-11-29(26,2)3)16-25(20)22-14-23-18-33-19-24(15-22)31(23)28(32)34-17-21-9-7-6-8-10-21/h6-10,13-14,16,23-24H,11-12,15,17-19H2,1-5H3. The number of ether oxygens (including phenoxy) is 2. The lowest BCUT2D eigenvalue weighted by Gasteiger charge is -2.45. The molecule has 34 heavy (non-hydrogen) atoms. The maximum atomic E-state index is 13.1. The van der Waals surface area contributed by atoms with Gasteiger partial charge < -0.3 is 9.47 Å². The molecule has 2 atom stereocenters. The molecule has 180 valence electrons. The number of nitrogens with zero attached hydrogens (tertiary/aromatic N) is 1. The van der Waals surface area contributed by atoms with E-state index in [0.717, 1.165) is 12.0 Å². The highest BCUT2D eigenvalue weighted by molar-refractivity contribution is 5.76. The fourth-order valence-corrected chi connectivity index (χ4v) is 5.94. The summed E-state index contributed by atoms with van der Waals surface area (Å²) in [5.74, 6) is 0. The summed E-state index contributed by atoms with van der Waals surface area (Å²) in [7, 11) is 0. The summed E-state index contributed by atoms with van der Waals surface area (Å²) in [6, 6.07) is 14.6. The maximum absolute atomic E-state index is 13.1. The van der Waals surface area contributed by atoms with E-state index in [2.05, 4.69) is 52.8 Å². The lowest BCUT2D eigenvalue weighted by Crippen LogP contribution is -2.56. The van der Waals surface area contributed by atoms with Crippen LogP contribution >= 0.6 is 0 Å². The Morgan fingerprint density at radius 3 is 2.38 bits per heavy atom. The fraction of sp³-hybridized carbons (Fsp3) is 0.500. The summed E-state index contributed by atoms with van der Waals surface area (Å²) in [4.78, 5) is 15.0. The van der Waals surface area contributed by atoms with E-state index in [1.165, 1.54) is 40.7 Å². The Labute approximate surface area is 203 Å². The van der Waals surface area contributed by atoms with Crippen LogP contribution in [0.2, 0.25) is 0 Å². The summed E-state index contributed by atoms with van der Waals surface area (Å²) in [5, 5.41) is 0. The van der Waals surface area contributed by atoms with Crippen molar-refractivity contribution in [3.05, 3.63) is 76.4 Å². The first-order valence-electron chi connectivity index (χ1n) is 12.6. The van der Waals surface area contributed by atoms with Crippen molar-refractivity contribution in [1.29, 1.82) is 0 Å². The van der Waals surface area contributed by atoms with Gasteiger partial charge in [-0.05, 0) is 70.4 Å². The van der Waals surface area contributed by atoms with Crippen LogP contribution in [0.1, 0.15) is 74.8 Å². The van der Waals surface area contributed by atoms with Crippen LogP contribution < -0.4 is 0 Å². The van der Waals surface area contributed by atoms with Crippen LogP contribution in [0.15, 0.2) is 48.5 Å². The normalized spacial score (nSPS) is 24.7. The van der Waals surface area contributed by atoms with Gasteiger partial charge in [0.25, 0.3) is 0 Å². The molecule has 0 aromatic heterocycles. The smallest absolute Gasteiger partial charge is 0.411 e. The molecule has 0 saturated carbocycles. The van der Waals surface area contributed by atoms with Crippen LogP contribution in [0.5, 0.6) is 0 Å². The van der Waals surface area contributed by atoms with E-state index in [4.69, 9.17) is 9.47 Å². The molecule has 1 aliphatic carbocycles. The topological polar surface area (TPSA) is 38.8 Å². The van der Waals surface area contributed by atoms with Crippen molar-refractivity contribution in [3.63, 3.8) is 0 Å². The molecule has 5 rings (SSSR count). The van der Waals surface area contributed by atoms with Gasteiger partial charge in [0.1, 0.15) is 6.61 Å². The SMILES string of the molecule is Cc1cc2c(cc1C1=CC3COCC(C1)N3C(=O)OCc1ccccc1)C(C)(C)CCC2(C)C. The van der Waals surface area contributed by atoms with E-state index in [-0.39, 0.29) is 29.0 Å². The molecule has 2 bridgehead atoms. The summed E-state index contributed by atoms with van der Waals surface area (Å²) in [6.45, 7) is 13.1. The number of fused-ring (bicyclic) bond motifs is 3. The molecule has 2 aromatic rings. The van der Waals surface area contributed by atoms with E-state index >= 15 is 0 Å². The average Bonchev–Trinajstić information content (AvgIpc) is 2.80. The fourth-order valence-electron chi connectivity index (χ4n) is 5.94. The van der Waals surface area contributed by atoms with Crippen molar-refractivity contribution in [2.75, 3.05) is 13.2 Å². The highest BCUT2D eigenvalue weighted by atomic mass is 16.6. The number of rotatable bonds is 3. The number of carbonyl (C=O) groups is 1. The number of morpholine rings is 1. The molecule has 0 radical (unpaired) electrons. The molecule has 0 N–H and O–H groups in total. The van der Waals surface area contributed by atoms with Crippen LogP contribution in [-0.2, 0) is 26.9 Å². The third-order valence-electron chi connectivity index (χ3n) is 8.16. The van der Waals surface area contributed by atoms with Gasteiger partial charge in [-0.1, -0.05) is 76.2 Å². The van der Waals surface area contributed by atoms with Gasteiger partial charge in [-0.3, -0.25) is 4.90 Å². The van der Waals surface area contributed by atoms with Crippen molar-refractivity contribution in [2.24, 2.45) is 0 Å². The largest absolute Gasteiger partial charge is 0.445 e. The van der Waals surface area contributed by atoms with E-state index in [0.29, 0.717) is 19.8 Å². The van der Waals surface area contributed by atoms with Crippen molar-refractivity contribution < 1.29 is 14.3 Å². The zero-order valence-electron chi connectivity index (χ0n) is 21.2. The molecule has 2 unspecified atom stereocenters. The van der Waals surface area contributed by atoms with Gasteiger partial charge in [0.2, 0.25) is 0 Å². The van der Waals surface area contributed by atoms with Crippen molar-refractivity contribution in [1.82, 2.24) is 4.90 Å². The Morgan fingerprint density at radius 2 is 1.71 bits per heavy atom. The minimum absolute atomic E-state index is 0.00177. The lowest BCUT2D eigenvalue weighted by molar-refractivity contribution is -0.0342. The number of aryl methyl sites for hydroxylation is 1. The zero-order chi connectivity index (χ0) is 24.1. The van der Waals surface area contributed by atoms with Gasteiger partial charge in [0.15, 0.2) is 0 Å². The number of hydrogen-bond donors (Lipinski definition) is 0. The van der Waals surface area contributed by atoms with Crippen LogP contribution in [0.3, 0.4) is 0 Å².